The largest absolute Gasteiger partial charge is 0.478 e. The lowest BCUT2D eigenvalue weighted by Gasteiger charge is -2.19. The van der Waals surface area contributed by atoms with Crippen molar-refractivity contribution in [1.82, 2.24) is 10.2 Å². The second-order valence-corrected chi connectivity index (χ2v) is 4.28. The van der Waals surface area contributed by atoms with Gasteiger partial charge in [-0.3, -0.25) is 4.79 Å². The normalized spacial score (nSPS) is 16.1. The van der Waals surface area contributed by atoms with E-state index >= 15 is 0 Å². The summed E-state index contributed by atoms with van der Waals surface area (Å²) in [5.41, 5.74) is 0.742. The Bertz CT molecular complexity index is 434. The first-order valence-electron chi connectivity index (χ1n) is 6.02. The summed E-state index contributed by atoms with van der Waals surface area (Å²) in [7, 11) is 0. The maximum absolute atomic E-state index is 12.2. The van der Waals surface area contributed by atoms with E-state index in [0.29, 0.717) is 12.1 Å². The van der Waals surface area contributed by atoms with E-state index in [9.17, 15) is 9.59 Å². The fourth-order valence-electron chi connectivity index (χ4n) is 1.99. The van der Waals surface area contributed by atoms with Gasteiger partial charge in [0, 0.05) is 25.2 Å². The van der Waals surface area contributed by atoms with Gasteiger partial charge in [-0.15, -0.1) is 0 Å². The van der Waals surface area contributed by atoms with Gasteiger partial charge >= 0.3 is 5.97 Å². The minimum atomic E-state index is -0.979. The van der Waals surface area contributed by atoms with Gasteiger partial charge < -0.3 is 15.3 Å². The summed E-state index contributed by atoms with van der Waals surface area (Å²) >= 11 is 0. The van der Waals surface area contributed by atoms with Crippen molar-refractivity contribution >= 4 is 11.9 Å². The second kappa shape index (κ2) is 5.64. The first kappa shape index (κ1) is 12.6. The number of aromatic carboxylic acids is 1. The Kier molecular flexibility index (Phi) is 3.94. The Labute approximate surface area is 105 Å². The molecule has 0 aliphatic carbocycles. The van der Waals surface area contributed by atoms with E-state index in [1.54, 1.807) is 17.0 Å². The third-order valence-corrected chi connectivity index (χ3v) is 3.01. The Morgan fingerprint density at radius 3 is 2.39 bits per heavy atom. The molecule has 96 valence electrons. The minimum absolute atomic E-state index is 0.0318. The summed E-state index contributed by atoms with van der Waals surface area (Å²) in [5, 5.41) is 12.0. The number of carboxylic acids is 1. The molecule has 1 aromatic rings. The lowest BCUT2D eigenvalue weighted by molar-refractivity contribution is 0.0694. The van der Waals surface area contributed by atoms with E-state index in [2.05, 4.69) is 5.32 Å². The van der Waals surface area contributed by atoms with Crippen LogP contribution in [0.15, 0.2) is 24.3 Å². The van der Waals surface area contributed by atoms with Crippen LogP contribution in [-0.2, 0) is 0 Å². The monoisotopic (exact) mass is 248 g/mol. The number of nitrogens with one attached hydrogen (secondary N) is 1. The van der Waals surface area contributed by atoms with Crippen LogP contribution in [-0.4, -0.2) is 48.1 Å². The average Bonchev–Trinajstić information content (AvgIpc) is 2.67. The van der Waals surface area contributed by atoms with Crippen molar-refractivity contribution < 1.29 is 14.7 Å². The summed E-state index contributed by atoms with van der Waals surface area (Å²) in [6.45, 7) is 3.17. The van der Waals surface area contributed by atoms with Gasteiger partial charge in [-0.1, -0.05) is 0 Å². The van der Waals surface area contributed by atoms with Crippen LogP contribution >= 0.6 is 0 Å². The van der Waals surface area contributed by atoms with Crippen molar-refractivity contribution in [2.75, 3.05) is 26.2 Å². The van der Waals surface area contributed by atoms with Crippen molar-refractivity contribution in [2.24, 2.45) is 0 Å². The first-order chi connectivity index (χ1) is 8.68. The Morgan fingerprint density at radius 2 is 1.72 bits per heavy atom. The number of carbonyl (C=O) groups is 2. The van der Waals surface area contributed by atoms with Crippen LogP contribution in [0.1, 0.15) is 27.1 Å². The number of carbonyl (C=O) groups excluding carboxylic acids is 1. The van der Waals surface area contributed by atoms with E-state index in [4.69, 9.17) is 5.11 Å². The zero-order valence-corrected chi connectivity index (χ0v) is 10.1. The van der Waals surface area contributed by atoms with Crippen molar-refractivity contribution in [2.45, 2.75) is 6.42 Å². The molecule has 0 bridgehead atoms. The summed E-state index contributed by atoms with van der Waals surface area (Å²) in [6, 6.07) is 6.07. The Morgan fingerprint density at radius 1 is 1.06 bits per heavy atom. The van der Waals surface area contributed by atoms with Crippen molar-refractivity contribution in [3.63, 3.8) is 0 Å². The number of hydrogen-bond acceptors (Lipinski definition) is 3. The highest BCUT2D eigenvalue weighted by Gasteiger charge is 2.17. The van der Waals surface area contributed by atoms with E-state index in [1.807, 2.05) is 0 Å². The van der Waals surface area contributed by atoms with E-state index in [0.717, 1.165) is 26.1 Å². The van der Waals surface area contributed by atoms with Gasteiger partial charge in [0.15, 0.2) is 0 Å². The molecule has 1 aromatic carbocycles. The van der Waals surface area contributed by atoms with Crippen LogP contribution in [0, 0.1) is 0 Å². The van der Waals surface area contributed by atoms with Crippen LogP contribution in [0.5, 0.6) is 0 Å². The summed E-state index contributed by atoms with van der Waals surface area (Å²) < 4.78 is 0. The smallest absolute Gasteiger partial charge is 0.335 e. The molecule has 2 N–H and O–H groups in total. The molecule has 18 heavy (non-hydrogen) atoms. The zero-order valence-electron chi connectivity index (χ0n) is 10.1. The van der Waals surface area contributed by atoms with Gasteiger partial charge in [-0.2, -0.15) is 0 Å². The minimum Gasteiger partial charge on any atom is -0.478 e. The standard InChI is InChI=1S/C13H16N2O3/c16-12(15-8-1-6-14-7-9-15)10-2-4-11(5-3-10)13(17)18/h2-5,14H,1,6-9H2,(H,17,18). The summed E-state index contributed by atoms with van der Waals surface area (Å²) in [5.74, 6) is -1.01. The lowest BCUT2D eigenvalue weighted by Crippen LogP contribution is -2.34. The van der Waals surface area contributed by atoms with E-state index in [1.165, 1.54) is 12.1 Å². The number of benzene rings is 1. The summed E-state index contributed by atoms with van der Waals surface area (Å²) in [4.78, 5) is 24.7. The summed E-state index contributed by atoms with van der Waals surface area (Å²) in [6.07, 6.45) is 0.943. The Hall–Kier alpha value is -1.88. The van der Waals surface area contributed by atoms with Gasteiger partial charge in [0.25, 0.3) is 5.91 Å². The number of carboxylic acid groups (broad SMARTS) is 1. The van der Waals surface area contributed by atoms with Crippen LogP contribution in [0.4, 0.5) is 0 Å². The predicted molar refractivity (Wildman–Crippen MR) is 66.8 cm³/mol. The molecule has 1 aliphatic rings. The predicted octanol–water partition coefficient (Wildman–Crippen LogP) is 0.820. The first-order valence-corrected chi connectivity index (χ1v) is 6.02. The van der Waals surface area contributed by atoms with Crippen molar-refractivity contribution in [3.05, 3.63) is 35.4 Å². The maximum atomic E-state index is 12.2. The topological polar surface area (TPSA) is 69.6 Å². The lowest BCUT2D eigenvalue weighted by atomic mass is 10.1. The molecule has 0 unspecified atom stereocenters. The second-order valence-electron chi connectivity index (χ2n) is 4.28. The highest BCUT2D eigenvalue weighted by Crippen LogP contribution is 2.09. The molecule has 1 fully saturated rings. The number of amides is 1. The highest BCUT2D eigenvalue weighted by molar-refractivity contribution is 5.95. The van der Waals surface area contributed by atoms with Crippen molar-refractivity contribution in [1.29, 1.82) is 0 Å². The third kappa shape index (κ3) is 2.87. The average molecular weight is 248 g/mol. The van der Waals surface area contributed by atoms with E-state index in [-0.39, 0.29) is 11.5 Å². The molecule has 1 saturated heterocycles. The number of rotatable bonds is 2. The van der Waals surface area contributed by atoms with Crippen LogP contribution < -0.4 is 5.32 Å². The molecule has 1 aliphatic heterocycles. The van der Waals surface area contributed by atoms with Gasteiger partial charge in [0.05, 0.1) is 5.56 Å². The third-order valence-electron chi connectivity index (χ3n) is 3.01. The van der Waals surface area contributed by atoms with Gasteiger partial charge in [-0.05, 0) is 37.2 Å². The van der Waals surface area contributed by atoms with E-state index < -0.39 is 5.97 Å². The Balaban J connectivity index is 2.10. The molecule has 5 heteroatoms. The van der Waals surface area contributed by atoms with Crippen LogP contribution in [0.3, 0.4) is 0 Å². The molecular formula is C13H16N2O3. The molecule has 2 rings (SSSR count). The molecule has 0 aromatic heterocycles. The quantitative estimate of drug-likeness (QED) is 0.813. The molecular weight excluding hydrogens is 232 g/mol. The number of nitrogens with zero attached hydrogens (tertiary/aromatic N) is 1. The van der Waals surface area contributed by atoms with Gasteiger partial charge in [0.2, 0.25) is 0 Å². The molecule has 5 nitrogen and oxygen atoms in total. The molecule has 0 atom stereocenters. The highest BCUT2D eigenvalue weighted by atomic mass is 16.4. The molecule has 0 saturated carbocycles. The van der Waals surface area contributed by atoms with Crippen molar-refractivity contribution in [3.8, 4) is 0 Å². The van der Waals surface area contributed by atoms with Crippen LogP contribution in [0.25, 0.3) is 0 Å². The SMILES string of the molecule is O=C(O)c1ccc(C(=O)N2CCCNCC2)cc1. The fraction of sp³-hybridized carbons (Fsp3) is 0.385. The van der Waals surface area contributed by atoms with Gasteiger partial charge in [-0.25, -0.2) is 4.79 Å². The zero-order chi connectivity index (χ0) is 13.0. The molecule has 1 amide bonds. The fourth-order valence-corrected chi connectivity index (χ4v) is 1.99. The van der Waals surface area contributed by atoms with Crippen LogP contribution in [0.2, 0.25) is 0 Å². The number of hydrogen-bond donors (Lipinski definition) is 2. The molecule has 0 spiro atoms. The maximum Gasteiger partial charge on any atom is 0.335 e. The van der Waals surface area contributed by atoms with Gasteiger partial charge in [0.1, 0.15) is 0 Å². The molecule has 1 heterocycles. The molecule has 0 radical (unpaired) electrons.